The molecule has 0 aromatic carbocycles. The van der Waals surface area contributed by atoms with Gasteiger partial charge >= 0.3 is 0 Å². The monoisotopic (exact) mass is 543 g/mol. The zero-order chi connectivity index (χ0) is 27.1. The van der Waals surface area contributed by atoms with Gasteiger partial charge in [0.1, 0.15) is 29.9 Å². The Morgan fingerprint density at radius 1 is 1.28 bits per heavy atom. The molecule has 2 fully saturated rings. The first-order valence-electron chi connectivity index (χ1n) is 12.8. The number of carbonyl (C=O) groups excluding carboxylic acids is 1. The van der Waals surface area contributed by atoms with Crippen LogP contribution in [0.25, 0.3) is 16.6 Å². The fourth-order valence-electron chi connectivity index (χ4n) is 5.41. The first-order valence-corrected chi connectivity index (χ1v) is 13.1. The van der Waals surface area contributed by atoms with Crippen LogP contribution in [0.5, 0.6) is 5.75 Å². The molecule has 1 aliphatic heterocycles. The zero-order valence-corrected chi connectivity index (χ0v) is 21.9. The van der Waals surface area contributed by atoms with E-state index in [0.717, 1.165) is 30.0 Å². The van der Waals surface area contributed by atoms with Crippen LogP contribution < -0.4 is 15.0 Å². The number of halogens is 1. The number of nitrogens with one attached hydrogen (secondary N) is 1. The number of rotatable bonds is 8. The van der Waals surface area contributed by atoms with Crippen molar-refractivity contribution in [2.24, 2.45) is 17.8 Å². The van der Waals surface area contributed by atoms with Gasteiger partial charge in [-0.1, -0.05) is 11.6 Å². The van der Waals surface area contributed by atoms with Gasteiger partial charge in [-0.3, -0.25) is 4.79 Å². The second-order valence-corrected chi connectivity index (χ2v) is 10.5. The molecule has 4 aromatic heterocycles. The molecule has 2 aliphatic rings. The lowest BCUT2D eigenvalue weighted by Gasteiger charge is -2.21. The molecule has 1 amide bonds. The van der Waals surface area contributed by atoms with Crippen molar-refractivity contribution < 1.29 is 14.6 Å². The molecule has 39 heavy (non-hydrogen) atoms. The van der Waals surface area contributed by atoms with Gasteiger partial charge in [0.25, 0.3) is 5.91 Å². The van der Waals surface area contributed by atoms with Crippen LogP contribution in [0.3, 0.4) is 0 Å². The van der Waals surface area contributed by atoms with Crippen LogP contribution in [0.1, 0.15) is 23.0 Å². The van der Waals surface area contributed by atoms with Crippen molar-refractivity contribution in [3.63, 3.8) is 0 Å². The van der Waals surface area contributed by atoms with E-state index in [9.17, 15) is 15.2 Å². The van der Waals surface area contributed by atoms with Crippen molar-refractivity contribution in [1.82, 2.24) is 24.9 Å². The maximum atomic E-state index is 12.4. The summed E-state index contributed by atoms with van der Waals surface area (Å²) < 4.78 is 7.34. The molecule has 6 rings (SSSR count). The zero-order valence-electron chi connectivity index (χ0n) is 21.2. The van der Waals surface area contributed by atoms with Crippen LogP contribution in [-0.4, -0.2) is 62.9 Å². The Labute approximate surface area is 229 Å². The minimum atomic E-state index is -0.612. The molecule has 2 unspecified atom stereocenters. The maximum absolute atomic E-state index is 12.4. The van der Waals surface area contributed by atoms with Crippen molar-refractivity contribution in [3.8, 4) is 22.9 Å². The predicted molar refractivity (Wildman–Crippen MR) is 145 cm³/mol. The number of amides is 1. The molecule has 4 aromatic rings. The lowest BCUT2D eigenvalue weighted by Crippen LogP contribution is -2.31. The number of aliphatic hydroxyl groups is 1. The van der Waals surface area contributed by atoms with E-state index in [-0.39, 0.29) is 18.2 Å². The average molecular weight is 544 g/mol. The first-order chi connectivity index (χ1) is 18.9. The minimum absolute atomic E-state index is 0.146. The summed E-state index contributed by atoms with van der Waals surface area (Å²) in [7, 11) is 0. The summed E-state index contributed by atoms with van der Waals surface area (Å²) in [6.45, 7) is 4.18. The fourth-order valence-corrected chi connectivity index (χ4v) is 5.62. The lowest BCUT2D eigenvalue weighted by molar-refractivity contribution is 0.0945. The molecular weight excluding hydrogens is 518 g/mol. The quantitative estimate of drug-likeness (QED) is 0.347. The van der Waals surface area contributed by atoms with E-state index in [0.29, 0.717) is 46.2 Å². The summed E-state index contributed by atoms with van der Waals surface area (Å²) in [5, 5.41) is 26.8. The topological polar surface area (TPSA) is 129 Å². The number of anilines is 1. The highest BCUT2D eigenvalue weighted by Crippen LogP contribution is 2.52. The molecule has 0 bridgehead atoms. The Balaban J connectivity index is 1.12. The van der Waals surface area contributed by atoms with Crippen LogP contribution in [-0.2, 0) is 0 Å². The third-order valence-electron chi connectivity index (χ3n) is 7.42. The Kier molecular flexibility index (Phi) is 6.54. The second kappa shape index (κ2) is 10.2. The predicted octanol–water partition coefficient (Wildman–Crippen LogP) is 3.19. The maximum Gasteiger partial charge on any atom is 0.271 e. The lowest BCUT2D eigenvalue weighted by atomic mass is 10.1. The first kappa shape index (κ1) is 25.1. The number of pyridine rings is 3. The largest absolute Gasteiger partial charge is 0.489 e. The van der Waals surface area contributed by atoms with E-state index >= 15 is 0 Å². The standard InChI is InChI=1S/C28H26ClN7O3/c1-16(37)15-39-19-7-20(27-18(8-30)10-34-36(27)12-19)17-4-5-25(32-9-17)35-13-22-21(23(22)14-35)11-33-28(38)26-24(29)3-2-6-31-26/h2-7,9-10,12,16,21-23,37H,11,13-15H2,1H3,(H,33,38)/t16?,21?,22-,23+. The molecule has 1 saturated heterocycles. The van der Waals surface area contributed by atoms with E-state index in [2.05, 4.69) is 26.4 Å². The third-order valence-corrected chi connectivity index (χ3v) is 7.73. The van der Waals surface area contributed by atoms with Gasteiger partial charge in [-0.05, 0) is 55.0 Å². The molecule has 11 heteroatoms. The van der Waals surface area contributed by atoms with Gasteiger partial charge in [-0.2, -0.15) is 10.4 Å². The van der Waals surface area contributed by atoms with Crippen LogP contribution >= 0.6 is 11.6 Å². The summed E-state index contributed by atoms with van der Waals surface area (Å²) in [5.74, 6) is 2.65. The average Bonchev–Trinajstić information content (AvgIpc) is 3.25. The molecule has 2 N–H and O–H groups in total. The third kappa shape index (κ3) is 4.87. The molecule has 198 valence electrons. The molecule has 0 spiro atoms. The number of ether oxygens (including phenoxy) is 1. The molecule has 1 saturated carbocycles. The summed E-state index contributed by atoms with van der Waals surface area (Å²) in [5.41, 5.74) is 3.00. The van der Waals surface area contributed by atoms with E-state index in [1.165, 1.54) is 6.20 Å². The van der Waals surface area contributed by atoms with Crippen molar-refractivity contribution in [1.29, 1.82) is 5.26 Å². The number of fused-ring (bicyclic) bond motifs is 2. The Morgan fingerprint density at radius 2 is 2.10 bits per heavy atom. The summed E-state index contributed by atoms with van der Waals surface area (Å²) in [6, 6.07) is 11.4. The second-order valence-electron chi connectivity index (χ2n) is 10.1. The van der Waals surface area contributed by atoms with E-state index < -0.39 is 6.10 Å². The SMILES string of the molecule is CC(O)COc1cc(-c2ccc(N3C[C@@H]4C(CNC(=O)c5ncccc5Cl)[C@@H]4C3)nc2)c2c(C#N)cnn2c1. The number of nitriles is 1. The van der Waals surface area contributed by atoms with Crippen LogP contribution in [0.4, 0.5) is 5.82 Å². The highest BCUT2D eigenvalue weighted by Gasteiger charge is 2.55. The van der Waals surface area contributed by atoms with Gasteiger partial charge in [-0.25, -0.2) is 14.5 Å². The number of piperidine rings is 1. The Morgan fingerprint density at radius 3 is 2.79 bits per heavy atom. The van der Waals surface area contributed by atoms with Crippen molar-refractivity contribution in [2.45, 2.75) is 13.0 Å². The van der Waals surface area contributed by atoms with E-state index in [4.69, 9.17) is 21.3 Å². The molecule has 10 nitrogen and oxygen atoms in total. The molecule has 1 aliphatic carbocycles. The van der Waals surface area contributed by atoms with Gasteiger partial charge in [-0.15, -0.1) is 0 Å². The van der Waals surface area contributed by atoms with Gasteiger partial charge in [0.2, 0.25) is 0 Å². The van der Waals surface area contributed by atoms with Crippen molar-refractivity contribution >= 4 is 28.8 Å². The summed E-state index contributed by atoms with van der Waals surface area (Å²) in [6.07, 6.45) is 5.98. The summed E-state index contributed by atoms with van der Waals surface area (Å²) in [4.78, 5) is 23.5. The van der Waals surface area contributed by atoms with Crippen LogP contribution in [0.2, 0.25) is 5.02 Å². The smallest absolute Gasteiger partial charge is 0.271 e. The number of aromatic nitrogens is 4. The fraction of sp³-hybridized carbons (Fsp3) is 0.321. The normalized spacial score (nSPS) is 20.4. The number of hydrogen-bond donors (Lipinski definition) is 2. The minimum Gasteiger partial charge on any atom is -0.489 e. The van der Waals surface area contributed by atoms with Crippen LogP contribution in [0.15, 0.2) is 55.1 Å². The van der Waals surface area contributed by atoms with Gasteiger partial charge < -0.3 is 20.1 Å². The Hall–Kier alpha value is -4.20. The molecule has 4 atom stereocenters. The van der Waals surface area contributed by atoms with Crippen molar-refractivity contribution in [2.75, 3.05) is 31.1 Å². The number of hydrogen-bond acceptors (Lipinski definition) is 8. The number of nitrogens with zero attached hydrogens (tertiary/aromatic N) is 6. The molecule has 5 heterocycles. The summed E-state index contributed by atoms with van der Waals surface area (Å²) >= 11 is 6.08. The number of carbonyl (C=O) groups is 1. The van der Waals surface area contributed by atoms with E-state index in [1.807, 2.05) is 18.2 Å². The molecule has 0 radical (unpaired) electrons. The highest BCUT2D eigenvalue weighted by molar-refractivity contribution is 6.33. The number of aliphatic hydroxyl groups excluding tert-OH is 1. The molecular formula is C28H26ClN7O3. The van der Waals surface area contributed by atoms with Gasteiger partial charge in [0.05, 0.1) is 34.6 Å². The van der Waals surface area contributed by atoms with Gasteiger partial charge in [0, 0.05) is 43.2 Å². The Bertz CT molecular complexity index is 1570. The van der Waals surface area contributed by atoms with E-state index in [1.54, 1.807) is 42.2 Å². The highest BCUT2D eigenvalue weighted by atomic mass is 35.5. The van der Waals surface area contributed by atoms with Crippen LogP contribution in [0, 0.1) is 29.1 Å². The van der Waals surface area contributed by atoms with Crippen molar-refractivity contribution in [3.05, 3.63) is 71.4 Å². The van der Waals surface area contributed by atoms with Gasteiger partial charge in [0.15, 0.2) is 0 Å².